The molecule has 2 aromatic carbocycles. The van der Waals surface area contributed by atoms with Gasteiger partial charge in [0.1, 0.15) is 28.9 Å². The Morgan fingerprint density at radius 1 is 1.38 bits per heavy atom. The van der Waals surface area contributed by atoms with E-state index in [0.29, 0.717) is 32.8 Å². The molecule has 0 atom stereocenters. The second kappa shape index (κ2) is 9.03. The van der Waals surface area contributed by atoms with Crippen molar-refractivity contribution in [3.63, 3.8) is 0 Å². The molecule has 3 aromatic rings. The third-order valence-electron chi connectivity index (χ3n) is 4.21. The molecule has 0 aliphatic rings. The standard InChI is InChI=1S/C21H18ClFN4OS/c1-4-27(3)12-25-18-8-13(2)19(10-17(18)22)28-21-16(11-24)20(26-29-21)14-6-5-7-15(23)9-14/h5-10,12H,4H2,1-3H3. The van der Waals surface area contributed by atoms with E-state index in [1.807, 2.05) is 31.9 Å². The van der Waals surface area contributed by atoms with Gasteiger partial charge in [-0.2, -0.15) is 9.64 Å². The number of ether oxygens (including phenoxy) is 1. The molecule has 148 valence electrons. The average Bonchev–Trinajstić information content (AvgIpc) is 3.11. The van der Waals surface area contributed by atoms with E-state index in [0.717, 1.165) is 23.6 Å². The summed E-state index contributed by atoms with van der Waals surface area (Å²) in [6.45, 7) is 4.72. The van der Waals surface area contributed by atoms with E-state index in [9.17, 15) is 9.65 Å². The molecule has 1 aromatic heterocycles. The van der Waals surface area contributed by atoms with Crippen molar-refractivity contribution in [1.29, 1.82) is 5.26 Å². The van der Waals surface area contributed by atoms with Crippen LogP contribution in [0.25, 0.3) is 11.3 Å². The molecule has 1 heterocycles. The number of halogens is 2. The van der Waals surface area contributed by atoms with Crippen LogP contribution >= 0.6 is 23.1 Å². The molecule has 0 amide bonds. The highest BCUT2D eigenvalue weighted by atomic mass is 35.5. The highest BCUT2D eigenvalue weighted by Crippen LogP contribution is 2.40. The fraction of sp³-hybridized carbons (Fsp3) is 0.190. The van der Waals surface area contributed by atoms with E-state index < -0.39 is 5.82 Å². The number of rotatable bonds is 6. The Balaban J connectivity index is 1.92. The summed E-state index contributed by atoms with van der Waals surface area (Å²) in [5.74, 6) is 0.109. The summed E-state index contributed by atoms with van der Waals surface area (Å²) in [5, 5.41) is 10.4. The highest BCUT2D eigenvalue weighted by molar-refractivity contribution is 7.08. The lowest BCUT2D eigenvalue weighted by atomic mass is 10.1. The summed E-state index contributed by atoms with van der Waals surface area (Å²) < 4.78 is 23.8. The van der Waals surface area contributed by atoms with Crippen molar-refractivity contribution >= 4 is 35.2 Å². The minimum absolute atomic E-state index is 0.253. The quantitative estimate of drug-likeness (QED) is 0.347. The smallest absolute Gasteiger partial charge is 0.218 e. The summed E-state index contributed by atoms with van der Waals surface area (Å²) in [6.07, 6.45) is 1.71. The number of nitrogens with zero attached hydrogens (tertiary/aromatic N) is 4. The normalized spacial score (nSPS) is 10.9. The van der Waals surface area contributed by atoms with Gasteiger partial charge in [0, 0.05) is 36.8 Å². The van der Waals surface area contributed by atoms with E-state index in [1.165, 1.54) is 12.1 Å². The second-order valence-corrected chi connectivity index (χ2v) is 7.45. The van der Waals surface area contributed by atoms with Gasteiger partial charge in [-0.3, -0.25) is 0 Å². The molecule has 0 spiro atoms. The molecule has 29 heavy (non-hydrogen) atoms. The first-order valence-corrected chi connectivity index (χ1v) is 9.96. The third-order valence-corrected chi connectivity index (χ3v) is 5.24. The van der Waals surface area contributed by atoms with E-state index in [4.69, 9.17) is 16.3 Å². The zero-order valence-electron chi connectivity index (χ0n) is 16.1. The van der Waals surface area contributed by atoms with E-state index in [1.54, 1.807) is 24.5 Å². The maximum atomic E-state index is 13.5. The monoisotopic (exact) mass is 428 g/mol. The van der Waals surface area contributed by atoms with Crippen molar-refractivity contribution in [3.05, 3.63) is 58.4 Å². The molecular weight excluding hydrogens is 411 g/mol. The SMILES string of the molecule is CCN(C)C=Nc1cc(C)c(Oc2snc(-c3cccc(F)c3)c2C#N)cc1Cl. The van der Waals surface area contributed by atoms with Crippen LogP contribution < -0.4 is 4.74 Å². The molecule has 0 unspecified atom stereocenters. The lowest BCUT2D eigenvalue weighted by molar-refractivity contribution is 0.491. The van der Waals surface area contributed by atoms with E-state index in [2.05, 4.69) is 15.4 Å². The fourth-order valence-electron chi connectivity index (χ4n) is 2.48. The Morgan fingerprint density at radius 3 is 2.86 bits per heavy atom. The Bertz CT molecular complexity index is 1110. The summed E-state index contributed by atoms with van der Waals surface area (Å²) >= 11 is 7.39. The van der Waals surface area contributed by atoms with Gasteiger partial charge in [-0.25, -0.2) is 9.38 Å². The van der Waals surface area contributed by atoms with Gasteiger partial charge < -0.3 is 9.64 Å². The minimum atomic E-state index is -0.394. The molecule has 8 heteroatoms. The molecule has 3 rings (SSSR count). The Kier molecular flexibility index (Phi) is 6.47. The lowest BCUT2D eigenvalue weighted by Crippen LogP contribution is -2.14. The van der Waals surface area contributed by atoms with Crippen LogP contribution in [0, 0.1) is 24.1 Å². The Hall–Kier alpha value is -2.95. The Morgan fingerprint density at radius 2 is 2.17 bits per heavy atom. The van der Waals surface area contributed by atoms with Crippen LogP contribution in [0.3, 0.4) is 0 Å². The van der Waals surface area contributed by atoms with E-state index >= 15 is 0 Å². The number of aromatic nitrogens is 1. The predicted octanol–water partition coefficient (Wildman–Crippen LogP) is 6.19. The van der Waals surface area contributed by atoms with Crippen LogP contribution in [0.2, 0.25) is 5.02 Å². The molecule has 0 bridgehead atoms. The van der Waals surface area contributed by atoms with Gasteiger partial charge in [-0.05, 0) is 37.6 Å². The molecular formula is C21H18ClFN4OS. The first-order valence-electron chi connectivity index (χ1n) is 8.81. The number of aryl methyl sites for hydroxylation is 1. The van der Waals surface area contributed by atoms with Crippen molar-refractivity contribution in [2.24, 2.45) is 4.99 Å². The summed E-state index contributed by atoms with van der Waals surface area (Å²) in [7, 11) is 1.92. The van der Waals surface area contributed by atoms with Crippen molar-refractivity contribution in [2.75, 3.05) is 13.6 Å². The first kappa shape index (κ1) is 20.8. The van der Waals surface area contributed by atoms with Gasteiger partial charge in [-0.1, -0.05) is 23.7 Å². The molecule has 5 nitrogen and oxygen atoms in total. The van der Waals surface area contributed by atoms with Gasteiger partial charge in [0.2, 0.25) is 5.06 Å². The van der Waals surface area contributed by atoms with Crippen LogP contribution in [-0.4, -0.2) is 29.2 Å². The summed E-state index contributed by atoms with van der Waals surface area (Å²) in [6, 6.07) is 11.5. The molecule has 0 radical (unpaired) electrons. The minimum Gasteiger partial charge on any atom is -0.443 e. The zero-order chi connectivity index (χ0) is 21.0. The molecule has 0 N–H and O–H groups in total. The number of hydrogen-bond acceptors (Lipinski definition) is 5. The zero-order valence-corrected chi connectivity index (χ0v) is 17.7. The maximum absolute atomic E-state index is 13.5. The molecule has 0 fully saturated rings. The second-order valence-electron chi connectivity index (χ2n) is 6.30. The van der Waals surface area contributed by atoms with Crippen LogP contribution in [0.15, 0.2) is 41.4 Å². The lowest BCUT2D eigenvalue weighted by Gasteiger charge is -2.11. The van der Waals surface area contributed by atoms with Gasteiger partial charge in [0.05, 0.1) is 17.0 Å². The Labute approximate surface area is 177 Å². The van der Waals surface area contributed by atoms with Crippen LogP contribution in [0.4, 0.5) is 10.1 Å². The third kappa shape index (κ3) is 4.73. The number of aliphatic imine (C=N–C) groups is 1. The van der Waals surface area contributed by atoms with Crippen LogP contribution in [0.5, 0.6) is 10.8 Å². The van der Waals surface area contributed by atoms with Crippen molar-refractivity contribution < 1.29 is 9.13 Å². The van der Waals surface area contributed by atoms with E-state index in [-0.39, 0.29) is 5.56 Å². The van der Waals surface area contributed by atoms with Crippen molar-refractivity contribution in [3.8, 4) is 28.1 Å². The molecule has 0 aliphatic heterocycles. The number of nitriles is 1. The highest BCUT2D eigenvalue weighted by Gasteiger charge is 2.19. The van der Waals surface area contributed by atoms with Crippen molar-refractivity contribution in [2.45, 2.75) is 13.8 Å². The molecule has 0 aliphatic carbocycles. The van der Waals surface area contributed by atoms with Crippen LogP contribution in [-0.2, 0) is 0 Å². The largest absolute Gasteiger partial charge is 0.443 e. The molecule has 0 saturated carbocycles. The van der Waals surface area contributed by atoms with Crippen molar-refractivity contribution in [1.82, 2.24) is 9.27 Å². The van der Waals surface area contributed by atoms with Gasteiger partial charge >= 0.3 is 0 Å². The first-order chi connectivity index (χ1) is 13.9. The van der Waals surface area contributed by atoms with Gasteiger partial charge in [-0.15, -0.1) is 0 Å². The maximum Gasteiger partial charge on any atom is 0.218 e. The van der Waals surface area contributed by atoms with Gasteiger partial charge in [0.15, 0.2) is 0 Å². The fourth-order valence-corrected chi connectivity index (χ4v) is 3.41. The average molecular weight is 429 g/mol. The summed E-state index contributed by atoms with van der Waals surface area (Å²) in [4.78, 5) is 6.32. The van der Waals surface area contributed by atoms with Gasteiger partial charge in [0.25, 0.3) is 0 Å². The number of hydrogen-bond donors (Lipinski definition) is 0. The predicted molar refractivity (Wildman–Crippen MR) is 115 cm³/mol. The summed E-state index contributed by atoms with van der Waals surface area (Å²) in [5.41, 5.74) is 2.60. The topological polar surface area (TPSA) is 61.5 Å². The van der Waals surface area contributed by atoms with Crippen LogP contribution in [0.1, 0.15) is 18.1 Å². The number of benzene rings is 2. The molecule has 0 saturated heterocycles.